The molecule has 0 aliphatic carbocycles. The molecule has 1 saturated heterocycles. The predicted octanol–water partition coefficient (Wildman–Crippen LogP) is 4.24. The van der Waals surface area contributed by atoms with Crippen molar-refractivity contribution in [3.8, 4) is 0 Å². The highest BCUT2D eigenvalue weighted by atomic mass is 16.7. The van der Waals surface area contributed by atoms with E-state index < -0.39 is 24.1 Å². The van der Waals surface area contributed by atoms with Crippen molar-refractivity contribution in [2.75, 3.05) is 12.3 Å². The number of aliphatic hydroxyl groups is 1. The molecule has 0 spiro atoms. The quantitative estimate of drug-likeness (QED) is 0.249. The van der Waals surface area contributed by atoms with Gasteiger partial charge < -0.3 is 29.8 Å². The second kappa shape index (κ2) is 12.2. The van der Waals surface area contributed by atoms with Crippen molar-refractivity contribution in [1.29, 1.82) is 0 Å². The van der Waals surface area contributed by atoms with E-state index in [0.717, 1.165) is 16.7 Å². The van der Waals surface area contributed by atoms with Gasteiger partial charge in [0.05, 0.1) is 26.4 Å². The molecule has 41 heavy (non-hydrogen) atoms. The molecule has 0 amide bonds. The molecule has 4 atom stereocenters. The van der Waals surface area contributed by atoms with Crippen molar-refractivity contribution in [2.45, 2.75) is 43.9 Å². The molecular weight excluding hydrogens is 522 g/mol. The number of fused-ring (bicyclic) bond motifs is 1. The Kier molecular flexibility index (Phi) is 8.04. The van der Waals surface area contributed by atoms with E-state index >= 15 is 0 Å². The van der Waals surface area contributed by atoms with E-state index in [1.54, 1.807) is 12.1 Å². The number of nitrogens with zero attached hydrogens (tertiary/aromatic N) is 3. The van der Waals surface area contributed by atoms with Gasteiger partial charge >= 0.3 is 0 Å². The van der Waals surface area contributed by atoms with Crippen LogP contribution in [-0.2, 0) is 44.6 Å². The van der Waals surface area contributed by atoms with Gasteiger partial charge in [0.15, 0.2) is 5.82 Å². The molecular formula is C32H32N4O5. The normalized spacial score (nSPS) is 22.3. The summed E-state index contributed by atoms with van der Waals surface area (Å²) in [5.74, 6) is -1.64. The van der Waals surface area contributed by atoms with Crippen LogP contribution in [0, 0.1) is 0 Å². The van der Waals surface area contributed by atoms with Crippen LogP contribution in [0.25, 0.3) is 5.52 Å². The minimum Gasteiger partial charge on any atom is -0.382 e. The SMILES string of the molecule is N[14c]1ncnn2c([C@]3(O)O[C@H](COCc4ccccc4)[C@@H](OCc4ccccc4)[C@H]3OCc3ccccc3)ccc12. The number of hydrogen-bond acceptors (Lipinski definition) is 8. The molecule has 3 N–H and O–H groups in total. The van der Waals surface area contributed by atoms with Crippen LogP contribution in [0.5, 0.6) is 0 Å². The number of nitrogens with two attached hydrogens (primary N) is 1. The summed E-state index contributed by atoms with van der Waals surface area (Å²) in [7, 11) is 0. The van der Waals surface area contributed by atoms with E-state index in [1.807, 2.05) is 91.0 Å². The molecule has 210 valence electrons. The van der Waals surface area contributed by atoms with Gasteiger partial charge in [0.2, 0.25) is 5.79 Å². The minimum atomic E-state index is -1.93. The first-order chi connectivity index (χ1) is 20.1. The standard InChI is InChI=1S/C32H32N4O5/c33-31-26-16-17-28(36(26)35-22-34-31)32(37)30(40-20-25-14-8-3-9-15-25)29(39-19-24-12-6-2-7-13-24)27(41-32)21-38-18-23-10-4-1-5-11-23/h1-17,22,27,29-30,37H,18-21H2,(H2,33,34,35)/t27-,29-,30-,32+/m1/s1/i31+2. The molecule has 3 aromatic carbocycles. The van der Waals surface area contributed by atoms with Crippen LogP contribution in [-0.4, -0.2) is 44.6 Å². The monoisotopic (exact) mass is 554 g/mol. The van der Waals surface area contributed by atoms with E-state index in [4.69, 9.17) is 24.7 Å². The molecule has 5 aromatic rings. The summed E-state index contributed by atoms with van der Waals surface area (Å²) < 4.78 is 27.0. The summed E-state index contributed by atoms with van der Waals surface area (Å²) >= 11 is 0. The average Bonchev–Trinajstić information content (AvgIpc) is 3.57. The van der Waals surface area contributed by atoms with E-state index in [2.05, 4.69) is 10.1 Å². The maximum Gasteiger partial charge on any atom is 0.240 e. The van der Waals surface area contributed by atoms with Crippen LogP contribution < -0.4 is 5.73 Å². The maximum absolute atomic E-state index is 12.3. The Morgan fingerprint density at radius 3 is 2.02 bits per heavy atom. The molecule has 9 nitrogen and oxygen atoms in total. The van der Waals surface area contributed by atoms with Crippen molar-refractivity contribution in [2.24, 2.45) is 0 Å². The largest absolute Gasteiger partial charge is 0.382 e. The maximum atomic E-state index is 12.3. The number of anilines is 1. The lowest BCUT2D eigenvalue weighted by Crippen LogP contribution is -2.45. The van der Waals surface area contributed by atoms with Crippen molar-refractivity contribution >= 4 is 11.3 Å². The zero-order valence-electron chi connectivity index (χ0n) is 22.5. The molecule has 0 saturated carbocycles. The van der Waals surface area contributed by atoms with Crippen molar-refractivity contribution < 1.29 is 24.1 Å². The Morgan fingerprint density at radius 2 is 1.39 bits per heavy atom. The summed E-state index contributed by atoms with van der Waals surface area (Å²) in [5.41, 5.74) is 9.98. The Bertz CT molecular complexity index is 1550. The zero-order valence-corrected chi connectivity index (χ0v) is 22.5. The lowest BCUT2D eigenvalue weighted by molar-refractivity contribution is -0.255. The number of rotatable bonds is 11. The smallest absolute Gasteiger partial charge is 0.240 e. The van der Waals surface area contributed by atoms with E-state index in [0.29, 0.717) is 24.4 Å². The summed E-state index contributed by atoms with van der Waals surface area (Å²) in [6.07, 6.45) is -0.915. The molecule has 1 aliphatic heterocycles. The third-order valence-electron chi connectivity index (χ3n) is 7.18. The molecule has 6 rings (SSSR count). The van der Waals surface area contributed by atoms with Gasteiger partial charge in [-0.2, -0.15) is 5.10 Å². The number of benzene rings is 3. The van der Waals surface area contributed by atoms with Gasteiger partial charge in [-0.15, -0.1) is 0 Å². The second-order valence-electron chi connectivity index (χ2n) is 9.99. The Hall–Kier alpha value is -4.12. The Balaban J connectivity index is 1.33. The fraction of sp³-hybridized carbons (Fsp3) is 0.250. The fourth-order valence-corrected chi connectivity index (χ4v) is 5.14. The van der Waals surface area contributed by atoms with Crippen LogP contribution >= 0.6 is 0 Å². The highest BCUT2D eigenvalue weighted by Gasteiger charge is 2.58. The topological polar surface area (TPSA) is 113 Å². The molecule has 9 heteroatoms. The van der Waals surface area contributed by atoms with Gasteiger partial charge in [0.25, 0.3) is 0 Å². The molecule has 2 aromatic heterocycles. The lowest BCUT2D eigenvalue weighted by atomic mass is 10.0. The lowest BCUT2D eigenvalue weighted by Gasteiger charge is -2.30. The number of aromatic nitrogens is 3. The van der Waals surface area contributed by atoms with Crippen LogP contribution in [0.1, 0.15) is 22.4 Å². The fourth-order valence-electron chi connectivity index (χ4n) is 5.14. The van der Waals surface area contributed by atoms with Crippen LogP contribution in [0.15, 0.2) is 109 Å². The van der Waals surface area contributed by atoms with Gasteiger partial charge in [0.1, 0.15) is 35.8 Å². The first-order valence-electron chi connectivity index (χ1n) is 13.5. The van der Waals surface area contributed by atoms with Gasteiger partial charge in [-0.05, 0) is 28.8 Å². The van der Waals surface area contributed by atoms with Crippen LogP contribution in [0.3, 0.4) is 0 Å². The Labute approximate surface area is 238 Å². The predicted molar refractivity (Wildman–Crippen MR) is 152 cm³/mol. The van der Waals surface area contributed by atoms with E-state index in [1.165, 1.54) is 10.8 Å². The molecule has 0 unspecified atom stereocenters. The van der Waals surface area contributed by atoms with Gasteiger partial charge in [-0.3, -0.25) is 0 Å². The molecule has 3 heterocycles. The number of ether oxygens (including phenoxy) is 4. The average molecular weight is 555 g/mol. The summed E-state index contributed by atoms with van der Waals surface area (Å²) in [5, 5.41) is 16.7. The van der Waals surface area contributed by atoms with Crippen molar-refractivity contribution in [3.05, 3.63) is 132 Å². The zero-order chi connectivity index (χ0) is 28.1. The van der Waals surface area contributed by atoms with Crippen molar-refractivity contribution in [1.82, 2.24) is 14.6 Å². The minimum absolute atomic E-state index is 0.169. The van der Waals surface area contributed by atoms with Gasteiger partial charge in [-0.1, -0.05) is 91.0 Å². The van der Waals surface area contributed by atoms with Gasteiger partial charge in [-0.25, -0.2) is 9.50 Å². The Morgan fingerprint density at radius 1 is 0.805 bits per heavy atom. The van der Waals surface area contributed by atoms with Crippen LogP contribution in [0.4, 0.5) is 5.82 Å². The van der Waals surface area contributed by atoms with Gasteiger partial charge in [0, 0.05) is 0 Å². The van der Waals surface area contributed by atoms with Crippen molar-refractivity contribution in [3.63, 3.8) is 0 Å². The molecule has 0 bridgehead atoms. The highest BCUT2D eigenvalue weighted by Crippen LogP contribution is 2.42. The molecule has 1 fully saturated rings. The third-order valence-corrected chi connectivity index (χ3v) is 7.18. The van der Waals surface area contributed by atoms with E-state index in [-0.39, 0.29) is 19.0 Å². The third kappa shape index (κ3) is 5.85. The first kappa shape index (κ1) is 27.1. The second-order valence-corrected chi connectivity index (χ2v) is 9.99. The number of hydrogen-bond donors (Lipinski definition) is 2. The van der Waals surface area contributed by atoms with Crippen LogP contribution in [0.2, 0.25) is 0 Å². The van der Waals surface area contributed by atoms with E-state index in [9.17, 15) is 5.11 Å². The molecule has 1 aliphatic rings. The number of nitrogen functional groups attached to an aromatic ring is 1. The summed E-state index contributed by atoms with van der Waals surface area (Å²) in [6, 6.07) is 33.0. The summed E-state index contributed by atoms with van der Waals surface area (Å²) in [4.78, 5) is 4.07. The molecule has 0 radical (unpaired) electrons. The first-order valence-corrected chi connectivity index (χ1v) is 13.5. The summed E-state index contributed by atoms with van der Waals surface area (Å²) in [6.45, 7) is 1.09. The highest BCUT2D eigenvalue weighted by molar-refractivity contribution is 5.65.